The molecule has 53 heavy (non-hydrogen) atoms. The Morgan fingerprint density at radius 1 is 0.623 bits per heavy atom. The zero-order valence-electron chi connectivity index (χ0n) is 32.5. The van der Waals surface area contributed by atoms with Gasteiger partial charge in [0, 0.05) is 35.0 Å². The number of carbonyl (C=O) groups excluding carboxylic acids is 2. The molecular formula is C47H54N4O2. The fourth-order valence-electron chi connectivity index (χ4n) is 6.45. The Balaban J connectivity index is 0.000000204. The lowest BCUT2D eigenvalue weighted by molar-refractivity contribution is -0.118. The first-order valence-electron chi connectivity index (χ1n) is 19.2. The molecule has 6 heteroatoms. The lowest BCUT2D eigenvalue weighted by Gasteiger charge is -2.26. The van der Waals surface area contributed by atoms with Crippen LogP contribution in [-0.2, 0) is 15.0 Å². The number of pyridine rings is 2. The van der Waals surface area contributed by atoms with E-state index in [1.54, 1.807) is 22.2 Å². The third kappa shape index (κ3) is 9.36. The fourth-order valence-corrected chi connectivity index (χ4v) is 6.45. The zero-order valence-corrected chi connectivity index (χ0v) is 32.5. The van der Waals surface area contributed by atoms with Gasteiger partial charge in [-0.2, -0.15) is 0 Å². The summed E-state index contributed by atoms with van der Waals surface area (Å²) in [5, 5.41) is 2.07. The smallest absolute Gasteiger partial charge is 0.231 e. The molecule has 4 aromatic carbocycles. The first kappa shape index (κ1) is 38.9. The average molecular weight is 707 g/mol. The van der Waals surface area contributed by atoms with Gasteiger partial charge >= 0.3 is 0 Å². The van der Waals surface area contributed by atoms with Crippen molar-refractivity contribution in [2.45, 2.75) is 98.3 Å². The van der Waals surface area contributed by atoms with Gasteiger partial charge in [0.05, 0.1) is 34.8 Å². The monoisotopic (exact) mass is 706 g/mol. The molecule has 0 N–H and O–H groups in total. The largest absolute Gasteiger partial charge is 0.280 e. The van der Waals surface area contributed by atoms with E-state index in [1.807, 2.05) is 86.6 Å². The quantitative estimate of drug-likeness (QED) is 0.127. The van der Waals surface area contributed by atoms with Crippen LogP contribution in [0.3, 0.4) is 0 Å². The van der Waals surface area contributed by atoms with Gasteiger partial charge in [-0.05, 0) is 83.8 Å². The molecule has 0 saturated carbocycles. The summed E-state index contributed by atoms with van der Waals surface area (Å²) in [5.74, 6) is 0.667. The van der Waals surface area contributed by atoms with E-state index in [0.29, 0.717) is 18.8 Å². The molecule has 0 aliphatic carbocycles. The number of carbonyl (C=O) groups is 2. The molecule has 2 amide bonds. The summed E-state index contributed by atoms with van der Waals surface area (Å²) in [6, 6.07) is 36.7. The topological polar surface area (TPSA) is 66.4 Å². The zero-order chi connectivity index (χ0) is 38.0. The highest BCUT2D eigenvalue weighted by atomic mass is 16.2. The van der Waals surface area contributed by atoms with Crippen LogP contribution in [0, 0.1) is 0 Å². The normalized spacial score (nSPS) is 11.8. The van der Waals surface area contributed by atoms with Crippen molar-refractivity contribution < 1.29 is 9.59 Å². The third-order valence-electron chi connectivity index (χ3n) is 10.3. The number of para-hydroxylation sites is 2. The number of fused-ring (bicyclic) bond motifs is 2. The highest BCUT2D eigenvalue weighted by Crippen LogP contribution is 2.33. The summed E-state index contributed by atoms with van der Waals surface area (Å²) < 4.78 is 0. The summed E-state index contributed by atoms with van der Waals surface area (Å²) in [5.41, 5.74) is 7.99. The Hall–Kier alpha value is -5.36. The van der Waals surface area contributed by atoms with Gasteiger partial charge in [0.15, 0.2) is 0 Å². The summed E-state index contributed by atoms with van der Waals surface area (Å²) in [6.45, 7) is 15.0. The first-order chi connectivity index (χ1) is 25.6. The molecule has 0 radical (unpaired) electrons. The van der Waals surface area contributed by atoms with Crippen molar-refractivity contribution in [3.63, 3.8) is 0 Å². The number of nitrogens with zero attached hydrogens (tertiary/aromatic N) is 4. The van der Waals surface area contributed by atoms with E-state index in [1.165, 1.54) is 30.4 Å². The average Bonchev–Trinajstić information content (AvgIpc) is 3.20. The third-order valence-corrected chi connectivity index (χ3v) is 10.3. The Labute approximate surface area is 315 Å². The standard InChI is InChI=1S/C24H28N2O.C23H26N2O/c1-4-6-9-18(3)19-12-14-21(15-13-19)26(24(27)5-2)22-16-20-10-7-8-11-23(20)25-17-22;1-5-22(26)25(19-13-11-18(12-14-19)23(3,4)6-2)20-15-17-9-7-8-10-21(17)24-16-20/h7-8,10-18H,4-6,9H2,1-3H3;7-16H,5-6H2,1-4H3. The lowest BCUT2D eigenvalue weighted by Crippen LogP contribution is -2.25. The molecule has 6 aromatic rings. The molecule has 1 unspecified atom stereocenters. The van der Waals surface area contributed by atoms with Gasteiger partial charge in [0.25, 0.3) is 0 Å². The molecular weight excluding hydrogens is 653 g/mol. The molecule has 0 fully saturated rings. The molecule has 0 aliphatic heterocycles. The van der Waals surface area contributed by atoms with Crippen LogP contribution in [0.2, 0.25) is 0 Å². The minimum absolute atomic E-state index is 0.0598. The van der Waals surface area contributed by atoms with E-state index in [4.69, 9.17) is 0 Å². The second-order valence-electron chi connectivity index (χ2n) is 14.4. The summed E-state index contributed by atoms with van der Waals surface area (Å²) in [6.07, 6.45) is 9.17. The molecule has 0 aliphatic rings. The molecule has 2 aromatic heterocycles. The van der Waals surface area contributed by atoms with Crippen molar-refractivity contribution in [3.8, 4) is 0 Å². The van der Waals surface area contributed by atoms with Gasteiger partial charge in [-0.25, -0.2) is 0 Å². The van der Waals surface area contributed by atoms with Crippen LogP contribution in [0.5, 0.6) is 0 Å². The summed E-state index contributed by atoms with van der Waals surface area (Å²) >= 11 is 0. The fraction of sp³-hybridized carbons (Fsp3) is 0.319. The minimum atomic E-state index is 0.0598. The Kier molecular flexibility index (Phi) is 13.1. The summed E-state index contributed by atoms with van der Waals surface area (Å²) in [4.78, 5) is 38.0. The van der Waals surface area contributed by atoms with Crippen LogP contribution in [0.25, 0.3) is 21.8 Å². The van der Waals surface area contributed by atoms with E-state index in [-0.39, 0.29) is 17.2 Å². The number of hydrogen-bond donors (Lipinski definition) is 0. The van der Waals surface area contributed by atoms with Crippen molar-refractivity contribution in [2.75, 3.05) is 9.80 Å². The second kappa shape index (κ2) is 17.9. The van der Waals surface area contributed by atoms with Gasteiger partial charge in [-0.1, -0.05) is 122 Å². The van der Waals surface area contributed by atoms with Crippen LogP contribution in [0.4, 0.5) is 22.7 Å². The molecule has 6 nitrogen and oxygen atoms in total. The lowest BCUT2D eigenvalue weighted by atomic mass is 9.82. The van der Waals surface area contributed by atoms with Crippen molar-refractivity contribution in [2.24, 2.45) is 0 Å². The minimum Gasteiger partial charge on any atom is -0.280 e. The van der Waals surface area contributed by atoms with E-state index in [0.717, 1.165) is 51.0 Å². The molecule has 1 atom stereocenters. The maximum absolute atomic E-state index is 12.7. The maximum atomic E-state index is 12.7. The van der Waals surface area contributed by atoms with Crippen LogP contribution in [-0.4, -0.2) is 21.8 Å². The molecule has 0 bridgehead atoms. The summed E-state index contributed by atoms with van der Waals surface area (Å²) in [7, 11) is 0. The van der Waals surface area contributed by atoms with Gasteiger partial charge in [-0.15, -0.1) is 0 Å². The van der Waals surface area contributed by atoms with Crippen molar-refractivity contribution in [1.82, 2.24) is 9.97 Å². The van der Waals surface area contributed by atoms with Gasteiger partial charge in [0.1, 0.15) is 0 Å². The number of hydrogen-bond acceptors (Lipinski definition) is 4. The molecule has 0 saturated heterocycles. The predicted molar refractivity (Wildman–Crippen MR) is 223 cm³/mol. The van der Waals surface area contributed by atoms with Gasteiger partial charge < -0.3 is 0 Å². The van der Waals surface area contributed by atoms with E-state index in [2.05, 4.69) is 81.0 Å². The Morgan fingerprint density at radius 3 is 1.51 bits per heavy atom. The SMILES string of the molecule is CCC(=O)N(c1ccc(C(C)(C)CC)cc1)c1cnc2ccccc2c1.CCCCC(C)c1ccc(N(C(=O)CC)c2cnc3ccccc3c2)cc1. The Morgan fingerprint density at radius 2 is 1.08 bits per heavy atom. The van der Waals surface area contributed by atoms with Crippen molar-refractivity contribution in [1.29, 1.82) is 0 Å². The molecule has 0 spiro atoms. The number of unbranched alkanes of at least 4 members (excludes halogenated alkanes) is 1. The number of amides is 2. The molecule has 2 heterocycles. The molecule has 274 valence electrons. The van der Waals surface area contributed by atoms with Gasteiger partial charge in [0.2, 0.25) is 11.8 Å². The highest BCUT2D eigenvalue weighted by Gasteiger charge is 2.21. The number of benzene rings is 4. The number of aromatic nitrogens is 2. The first-order valence-corrected chi connectivity index (χ1v) is 19.2. The molecule has 6 rings (SSSR count). The van der Waals surface area contributed by atoms with Crippen molar-refractivity contribution >= 4 is 56.4 Å². The van der Waals surface area contributed by atoms with Crippen LogP contribution in [0.15, 0.2) is 122 Å². The number of rotatable bonds is 12. The second-order valence-corrected chi connectivity index (χ2v) is 14.4. The van der Waals surface area contributed by atoms with E-state index in [9.17, 15) is 9.59 Å². The Bertz CT molecular complexity index is 2120. The highest BCUT2D eigenvalue weighted by molar-refractivity contribution is 6.02. The van der Waals surface area contributed by atoms with Crippen LogP contribution in [0.1, 0.15) is 104 Å². The predicted octanol–water partition coefficient (Wildman–Crippen LogP) is 12.6. The number of anilines is 4. The van der Waals surface area contributed by atoms with Crippen LogP contribution < -0.4 is 9.80 Å². The van der Waals surface area contributed by atoms with Crippen LogP contribution >= 0.6 is 0 Å². The van der Waals surface area contributed by atoms with E-state index >= 15 is 0 Å². The van der Waals surface area contributed by atoms with Gasteiger partial charge in [-0.3, -0.25) is 29.4 Å². The van der Waals surface area contributed by atoms with Crippen molar-refractivity contribution in [3.05, 3.63) is 133 Å². The maximum Gasteiger partial charge on any atom is 0.231 e. The van der Waals surface area contributed by atoms with E-state index < -0.39 is 0 Å².